The van der Waals surface area contributed by atoms with Gasteiger partial charge in [0, 0.05) is 23.2 Å². The van der Waals surface area contributed by atoms with Gasteiger partial charge in [-0.2, -0.15) is 0 Å². The Morgan fingerprint density at radius 2 is 1.90 bits per heavy atom. The number of aromatic amines is 1. The summed E-state index contributed by atoms with van der Waals surface area (Å²) in [5.74, 6) is 1.16. The number of aromatic nitrogens is 5. The molecule has 2 aromatic carbocycles. The molecule has 0 unspecified atom stereocenters. The van der Waals surface area contributed by atoms with E-state index in [1.807, 2.05) is 39.0 Å². The highest BCUT2D eigenvalue weighted by Crippen LogP contribution is 2.48. The van der Waals surface area contributed by atoms with Crippen LogP contribution in [-0.4, -0.2) is 68.0 Å². The minimum Gasteiger partial charge on any atom is -0.496 e. The Morgan fingerprint density at radius 3 is 2.64 bits per heavy atom. The molecule has 1 fully saturated rings. The summed E-state index contributed by atoms with van der Waals surface area (Å²) in [7, 11) is 1.70. The number of H-pyrrole nitrogens is 1. The monoisotopic (exact) mass is 803 g/mol. The number of likely N-dealkylation sites (tertiary alicyclic amines) is 1. The van der Waals surface area contributed by atoms with Crippen LogP contribution in [0.2, 0.25) is 0 Å². The fourth-order valence-electron chi connectivity index (χ4n) is 8.14. The fourth-order valence-corrected chi connectivity index (χ4v) is 9.30. The van der Waals surface area contributed by atoms with Crippen LogP contribution >= 0.6 is 11.3 Å². The number of hydrogen-bond acceptors (Lipinski definition) is 11. The van der Waals surface area contributed by atoms with Crippen LogP contribution in [0.25, 0.3) is 31.9 Å². The minimum atomic E-state index is -0.729. The number of pyridine rings is 2. The van der Waals surface area contributed by atoms with Gasteiger partial charge in [0.1, 0.15) is 29.3 Å². The van der Waals surface area contributed by atoms with Crippen LogP contribution in [0, 0.1) is 5.82 Å². The van der Waals surface area contributed by atoms with Crippen molar-refractivity contribution in [2.24, 2.45) is 0 Å². The quantitative estimate of drug-likeness (QED) is 0.122. The van der Waals surface area contributed by atoms with Gasteiger partial charge in [-0.3, -0.25) is 9.88 Å². The third kappa shape index (κ3) is 7.72. The van der Waals surface area contributed by atoms with Crippen molar-refractivity contribution in [3.05, 3.63) is 107 Å². The van der Waals surface area contributed by atoms with Gasteiger partial charge in [-0.25, -0.2) is 19.0 Å². The molecule has 14 heteroatoms. The molecule has 0 bridgehead atoms. The highest BCUT2D eigenvalue weighted by molar-refractivity contribution is 7.23. The number of hydrogen-bond donors (Lipinski definition) is 2. The van der Waals surface area contributed by atoms with Gasteiger partial charge in [-0.1, -0.05) is 24.3 Å². The first-order chi connectivity index (χ1) is 28.0. The van der Waals surface area contributed by atoms with E-state index < -0.39 is 23.7 Å². The van der Waals surface area contributed by atoms with E-state index in [-0.39, 0.29) is 24.0 Å². The first kappa shape index (κ1) is 39.0. The van der Waals surface area contributed by atoms with Gasteiger partial charge in [0.15, 0.2) is 5.82 Å². The summed E-state index contributed by atoms with van der Waals surface area (Å²) in [4.78, 5) is 44.1. The summed E-state index contributed by atoms with van der Waals surface area (Å²) >= 11 is 1.51. The number of fused-ring (bicyclic) bond motifs is 2. The molecule has 8 rings (SSSR count). The maximum Gasteiger partial charge on any atom is 0.410 e. The molecule has 2 atom stereocenters. The number of carbonyl (C=O) groups excluding carboxylic acids is 2. The van der Waals surface area contributed by atoms with Gasteiger partial charge in [0.25, 0.3) is 0 Å². The van der Waals surface area contributed by atoms with Crippen molar-refractivity contribution in [2.45, 2.75) is 83.9 Å². The minimum absolute atomic E-state index is 0.0281. The second kappa shape index (κ2) is 16.2. The molecule has 1 saturated heterocycles. The molecule has 2 aliphatic rings. The summed E-state index contributed by atoms with van der Waals surface area (Å²) in [5, 5.41) is 13.3. The smallest absolute Gasteiger partial charge is 0.410 e. The molecule has 1 amide bonds. The Morgan fingerprint density at radius 1 is 1.07 bits per heavy atom. The molecule has 2 N–H and O–H groups in total. The predicted octanol–water partition coefficient (Wildman–Crippen LogP) is 9.42. The molecule has 1 aliphatic heterocycles. The number of rotatable bonds is 11. The number of benzene rings is 2. The van der Waals surface area contributed by atoms with E-state index in [0.717, 1.165) is 44.9 Å². The van der Waals surface area contributed by atoms with Crippen molar-refractivity contribution in [3.63, 3.8) is 0 Å². The fraction of sp³-hybridized carbons (Fsp3) is 0.364. The van der Waals surface area contributed by atoms with Gasteiger partial charge in [-0.15, -0.1) is 21.5 Å². The van der Waals surface area contributed by atoms with E-state index in [2.05, 4.69) is 32.6 Å². The van der Waals surface area contributed by atoms with Crippen LogP contribution in [0.3, 0.4) is 0 Å². The molecule has 0 radical (unpaired) electrons. The van der Waals surface area contributed by atoms with Gasteiger partial charge in [0.2, 0.25) is 0 Å². The Kier molecular flexibility index (Phi) is 10.9. The first-order valence-electron chi connectivity index (χ1n) is 19.7. The summed E-state index contributed by atoms with van der Waals surface area (Å²) < 4.78 is 32.2. The topological polar surface area (TPSA) is 144 Å². The number of aryl methyl sites for hydroxylation is 2. The second-order valence-corrected chi connectivity index (χ2v) is 16.6. The molecule has 5 heterocycles. The molecular weight excluding hydrogens is 758 g/mol. The highest BCUT2D eigenvalue weighted by Gasteiger charge is 2.40. The van der Waals surface area contributed by atoms with Gasteiger partial charge >= 0.3 is 12.1 Å². The van der Waals surface area contributed by atoms with Crippen LogP contribution in [0.15, 0.2) is 67.1 Å². The Hall–Kier alpha value is -5.89. The number of methoxy groups -OCH3 is 1. The maximum absolute atomic E-state index is 14.5. The van der Waals surface area contributed by atoms with E-state index >= 15 is 0 Å². The van der Waals surface area contributed by atoms with Crippen LogP contribution in [0.4, 0.5) is 15.0 Å². The van der Waals surface area contributed by atoms with Crippen molar-refractivity contribution in [1.29, 1.82) is 0 Å². The van der Waals surface area contributed by atoms with Gasteiger partial charge in [0.05, 0.1) is 53.0 Å². The zero-order chi connectivity index (χ0) is 40.6. The Bertz CT molecular complexity index is 2460. The number of halogens is 1. The van der Waals surface area contributed by atoms with Crippen LogP contribution in [0.1, 0.15) is 97.5 Å². The third-order valence-corrected chi connectivity index (χ3v) is 11.8. The normalized spacial score (nSPS) is 16.4. The largest absolute Gasteiger partial charge is 0.496 e. The average Bonchev–Trinajstić information content (AvgIpc) is 4.04. The number of esters is 1. The van der Waals surface area contributed by atoms with E-state index in [1.165, 1.54) is 40.9 Å². The van der Waals surface area contributed by atoms with Crippen molar-refractivity contribution >= 4 is 39.3 Å². The first-order valence-corrected chi connectivity index (χ1v) is 20.5. The highest BCUT2D eigenvalue weighted by atomic mass is 32.1. The maximum atomic E-state index is 14.5. The SMILES string of the molecule is CCOC(=O)c1c([C@@H]2CCCN2C(=O)OC(C)(C)C)nc(CCc2ccc(F)cc2)c(-c2nnc[nH]2)c1-c1cc2ccnc(N[C@@H]3CCc4c(OC)cccc43)c2s1. The summed E-state index contributed by atoms with van der Waals surface area (Å²) in [6, 6.07) is 16.0. The zero-order valence-corrected chi connectivity index (χ0v) is 34.0. The standard InChI is InChI=1S/C44H46FN7O5S/c1-6-56-42(53)37-36(34-23-26-20-21-46-41(39(26)58-34)50-30-19-17-29-28(30)9-7-11-33(29)55-5)35(40-47-24-48-51-40)31(18-14-25-12-15-27(45)16-13-25)49-38(37)32-10-8-22-52(32)43(54)57-44(2,3)4/h7,9,11-13,15-16,20-21,23-24,30,32H,6,8,10,14,17-19,22H2,1-5H3,(H,46,50)(H,47,48,51)/t30-,32+/m1/s1. The Labute approximate surface area is 340 Å². The second-order valence-electron chi connectivity index (χ2n) is 15.5. The molecule has 58 heavy (non-hydrogen) atoms. The number of anilines is 1. The van der Waals surface area contributed by atoms with E-state index in [9.17, 15) is 14.0 Å². The van der Waals surface area contributed by atoms with Crippen molar-refractivity contribution in [2.75, 3.05) is 25.6 Å². The average molecular weight is 804 g/mol. The number of amides is 1. The number of nitrogens with one attached hydrogen (secondary N) is 2. The molecule has 1 aliphatic carbocycles. The van der Waals surface area contributed by atoms with Crippen molar-refractivity contribution < 1.29 is 28.2 Å². The Balaban J connectivity index is 1.33. The van der Waals surface area contributed by atoms with Gasteiger partial charge < -0.3 is 24.5 Å². The predicted molar refractivity (Wildman–Crippen MR) is 221 cm³/mol. The summed E-state index contributed by atoms with van der Waals surface area (Å²) in [6.07, 6.45) is 6.76. The number of thiophene rings is 1. The van der Waals surface area contributed by atoms with Crippen LogP contribution in [0.5, 0.6) is 5.75 Å². The zero-order valence-electron chi connectivity index (χ0n) is 33.2. The molecule has 0 spiro atoms. The number of nitrogens with zero attached hydrogens (tertiary/aromatic N) is 5. The summed E-state index contributed by atoms with van der Waals surface area (Å²) in [6.45, 7) is 7.82. The molecule has 300 valence electrons. The lowest BCUT2D eigenvalue weighted by Gasteiger charge is -2.30. The molecule has 12 nitrogen and oxygen atoms in total. The number of carbonyl (C=O) groups is 2. The van der Waals surface area contributed by atoms with Gasteiger partial charge in [-0.05, 0) is 119 Å². The van der Waals surface area contributed by atoms with Crippen molar-refractivity contribution in [3.8, 4) is 27.6 Å². The van der Waals surface area contributed by atoms with Crippen LogP contribution in [-0.2, 0) is 28.7 Å². The lowest BCUT2D eigenvalue weighted by molar-refractivity contribution is 0.0217. The molecular formula is C44H46FN7O5S. The van der Waals surface area contributed by atoms with E-state index in [1.54, 1.807) is 37.3 Å². The van der Waals surface area contributed by atoms with E-state index in [0.29, 0.717) is 60.6 Å². The van der Waals surface area contributed by atoms with Crippen LogP contribution < -0.4 is 10.1 Å². The molecule has 4 aromatic heterocycles. The molecule has 0 saturated carbocycles. The lowest BCUT2D eigenvalue weighted by atomic mass is 9.91. The van der Waals surface area contributed by atoms with E-state index in [4.69, 9.17) is 24.2 Å². The number of ether oxygens (including phenoxy) is 3. The lowest BCUT2D eigenvalue weighted by Crippen LogP contribution is -2.37. The third-order valence-electron chi connectivity index (χ3n) is 10.6. The molecule has 6 aromatic rings. The summed E-state index contributed by atoms with van der Waals surface area (Å²) in [5.41, 5.74) is 5.06. The van der Waals surface area contributed by atoms with Crippen molar-refractivity contribution in [1.82, 2.24) is 30.0 Å².